The Morgan fingerprint density at radius 1 is 0.833 bits per heavy atom. The Morgan fingerprint density at radius 3 is 1.56 bits per heavy atom. The van der Waals surface area contributed by atoms with Crippen LogP contribution in [0.3, 0.4) is 0 Å². The van der Waals surface area contributed by atoms with Gasteiger partial charge < -0.3 is 5.11 Å². The fraction of sp³-hybridized carbons (Fsp3) is 0.250. The molecule has 1 N–H and O–H groups in total. The average Bonchev–Trinajstić information content (AvgIpc) is 2.40. The summed E-state index contributed by atoms with van der Waals surface area (Å²) >= 11 is 0. The van der Waals surface area contributed by atoms with E-state index in [1.54, 1.807) is 0 Å². The Labute approximate surface area is 109 Å². The normalized spacial score (nSPS) is 12.6. The number of rotatable bonds is 5. The number of nitrogens with zero attached hydrogens (tertiary/aromatic N) is 1. The SMILES string of the molecule is C[C@H](O)N(Cc1ccccc1)Cc1ccccc1. The van der Waals surface area contributed by atoms with Crippen molar-refractivity contribution in [1.82, 2.24) is 4.90 Å². The smallest absolute Gasteiger partial charge is 0.105 e. The van der Waals surface area contributed by atoms with E-state index in [1.165, 1.54) is 11.1 Å². The van der Waals surface area contributed by atoms with Crippen LogP contribution in [-0.2, 0) is 13.1 Å². The van der Waals surface area contributed by atoms with Crippen LogP contribution in [0.4, 0.5) is 0 Å². The van der Waals surface area contributed by atoms with Crippen molar-refractivity contribution in [3.8, 4) is 0 Å². The molecule has 0 unspecified atom stereocenters. The maximum atomic E-state index is 9.86. The van der Waals surface area contributed by atoms with Gasteiger partial charge in [-0.2, -0.15) is 0 Å². The van der Waals surface area contributed by atoms with E-state index in [0.717, 1.165) is 13.1 Å². The molecule has 94 valence electrons. The summed E-state index contributed by atoms with van der Waals surface area (Å²) in [5.74, 6) is 0. The third-order valence-corrected chi connectivity index (χ3v) is 2.99. The predicted molar refractivity (Wildman–Crippen MR) is 73.8 cm³/mol. The third kappa shape index (κ3) is 3.69. The van der Waals surface area contributed by atoms with Crippen molar-refractivity contribution in [3.63, 3.8) is 0 Å². The highest BCUT2D eigenvalue weighted by Crippen LogP contribution is 2.11. The summed E-state index contributed by atoms with van der Waals surface area (Å²) in [4.78, 5) is 2.05. The van der Waals surface area contributed by atoms with Gasteiger partial charge in [0.05, 0.1) is 0 Å². The fourth-order valence-corrected chi connectivity index (χ4v) is 1.96. The maximum Gasteiger partial charge on any atom is 0.105 e. The van der Waals surface area contributed by atoms with Crippen molar-refractivity contribution >= 4 is 0 Å². The Morgan fingerprint density at radius 2 is 1.22 bits per heavy atom. The Kier molecular flexibility index (Phi) is 4.51. The van der Waals surface area contributed by atoms with Crippen LogP contribution in [0.2, 0.25) is 0 Å². The largest absolute Gasteiger partial charge is 0.379 e. The highest BCUT2D eigenvalue weighted by atomic mass is 16.3. The van der Waals surface area contributed by atoms with Gasteiger partial charge in [-0.15, -0.1) is 0 Å². The van der Waals surface area contributed by atoms with Crippen molar-refractivity contribution in [2.24, 2.45) is 0 Å². The zero-order valence-electron chi connectivity index (χ0n) is 10.7. The van der Waals surface area contributed by atoms with Crippen molar-refractivity contribution in [2.75, 3.05) is 0 Å². The van der Waals surface area contributed by atoms with Crippen LogP contribution in [0.1, 0.15) is 18.1 Å². The monoisotopic (exact) mass is 241 g/mol. The van der Waals surface area contributed by atoms with Crippen LogP contribution in [-0.4, -0.2) is 16.2 Å². The van der Waals surface area contributed by atoms with E-state index in [-0.39, 0.29) is 0 Å². The van der Waals surface area contributed by atoms with E-state index in [0.29, 0.717) is 0 Å². The summed E-state index contributed by atoms with van der Waals surface area (Å²) in [6.07, 6.45) is -0.453. The molecule has 2 aromatic rings. The van der Waals surface area contributed by atoms with E-state index >= 15 is 0 Å². The van der Waals surface area contributed by atoms with E-state index in [4.69, 9.17) is 0 Å². The van der Waals surface area contributed by atoms with Gasteiger partial charge >= 0.3 is 0 Å². The van der Waals surface area contributed by atoms with E-state index in [9.17, 15) is 5.11 Å². The molecule has 2 rings (SSSR count). The Bertz CT molecular complexity index is 412. The standard InChI is InChI=1S/C16H19NO/c1-14(18)17(12-15-8-4-2-5-9-15)13-16-10-6-3-7-11-16/h2-11,14,18H,12-13H2,1H3/t14-/m0/s1. The zero-order valence-corrected chi connectivity index (χ0v) is 10.7. The summed E-state index contributed by atoms with van der Waals surface area (Å²) in [5, 5.41) is 9.86. The van der Waals surface area contributed by atoms with Gasteiger partial charge in [-0.25, -0.2) is 0 Å². The molecule has 0 saturated heterocycles. The highest BCUT2D eigenvalue weighted by molar-refractivity contribution is 5.17. The summed E-state index contributed by atoms with van der Waals surface area (Å²) in [7, 11) is 0. The molecular formula is C16H19NO. The van der Waals surface area contributed by atoms with Gasteiger partial charge in [0.1, 0.15) is 6.23 Å². The van der Waals surface area contributed by atoms with Crippen LogP contribution in [0.25, 0.3) is 0 Å². The molecule has 0 heterocycles. The second kappa shape index (κ2) is 6.34. The van der Waals surface area contributed by atoms with E-state index in [2.05, 4.69) is 24.3 Å². The van der Waals surface area contributed by atoms with E-state index < -0.39 is 6.23 Å². The molecule has 18 heavy (non-hydrogen) atoms. The molecule has 0 spiro atoms. The lowest BCUT2D eigenvalue weighted by Gasteiger charge is -2.25. The van der Waals surface area contributed by atoms with Crippen molar-refractivity contribution < 1.29 is 5.11 Å². The minimum atomic E-state index is -0.453. The van der Waals surface area contributed by atoms with Gasteiger partial charge in [0.25, 0.3) is 0 Å². The van der Waals surface area contributed by atoms with Gasteiger partial charge in [0, 0.05) is 13.1 Å². The predicted octanol–water partition coefficient (Wildman–Crippen LogP) is 3.03. The number of hydrogen-bond donors (Lipinski definition) is 1. The van der Waals surface area contributed by atoms with Crippen LogP contribution < -0.4 is 0 Å². The summed E-state index contributed by atoms with van der Waals surface area (Å²) < 4.78 is 0. The molecule has 0 radical (unpaired) electrons. The van der Waals surface area contributed by atoms with Crippen molar-refractivity contribution in [3.05, 3.63) is 71.8 Å². The number of aliphatic hydroxyl groups excluding tert-OH is 1. The Balaban J connectivity index is 2.05. The molecule has 2 nitrogen and oxygen atoms in total. The molecule has 0 aliphatic heterocycles. The van der Waals surface area contributed by atoms with Crippen LogP contribution >= 0.6 is 0 Å². The van der Waals surface area contributed by atoms with Crippen molar-refractivity contribution in [1.29, 1.82) is 0 Å². The van der Waals surface area contributed by atoms with Gasteiger partial charge in [-0.05, 0) is 18.1 Å². The molecule has 0 fully saturated rings. The van der Waals surface area contributed by atoms with Crippen LogP contribution in [0, 0.1) is 0 Å². The molecular weight excluding hydrogens is 222 g/mol. The van der Waals surface area contributed by atoms with Gasteiger partial charge in [-0.3, -0.25) is 4.90 Å². The fourth-order valence-electron chi connectivity index (χ4n) is 1.96. The Hall–Kier alpha value is -1.64. The number of hydrogen-bond acceptors (Lipinski definition) is 2. The topological polar surface area (TPSA) is 23.5 Å². The highest BCUT2D eigenvalue weighted by Gasteiger charge is 2.11. The molecule has 0 aliphatic carbocycles. The molecule has 2 aromatic carbocycles. The average molecular weight is 241 g/mol. The third-order valence-electron chi connectivity index (χ3n) is 2.99. The maximum absolute atomic E-state index is 9.86. The second-order valence-corrected chi connectivity index (χ2v) is 4.51. The lowest BCUT2D eigenvalue weighted by atomic mass is 10.1. The first-order valence-electron chi connectivity index (χ1n) is 6.25. The molecule has 0 aliphatic rings. The summed E-state index contributed by atoms with van der Waals surface area (Å²) in [5.41, 5.74) is 2.43. The number of benzene rings is 2. The molecule has 0 aromatic heterocycles. The lowest BCUT2D eigenvalue weighted by molar-refractivity contribution is 0.00647. The van der Waals surface area contributed by atoms with Gasteiger partial charge in [0.15, 0.2) is 0 Å². The molecule has 0 amide bonds. The van der Waals surface area contributed by atoms with Gasteiger partial charge in [0.2, 0.25) is 0 Å². The second-order valence-electron chi connectivity index (χ2n) is 4.51. The lowest BCUT2D eigenvalue weighted by Crippen LogP contribution is -2.31. The number of aliphatic hydroxyl groups is 1. The minimum Gasteiger partial charge on any atom is -0.379 e. The quantitative estimate of drug-likeness (QED) is 0.813. The minimum absolute atomic E-state index is 0.453. The van der Waals surface area contributed by atoms with Crippen molar-refractivity contribution in [2.45, 2.75) is 26.2 Å². The zero-order chi connectivity index (χ0) is 12.8. The van der Waals surface area contributed by atoms with Gasteiger partial charge in [-0.1, -0.05) is 60.7 Å². The summed E-state index contributed by atoms with van der Waals surface area (Å²) in [6, 6.07) is 20.5. The van der Waals surface area contributed by atoms with Crippen LogP contribution in [0.5, 0.6) is 0 Å². The molecule has 1 atom stereocenters. The first kappa shape index (κ1) is 12.8. The summed E-state index contributed by atoms with van der Waals surface area (Å²) in [6.45, 7) is 3.33. The molecule has 0 bridgehead atoms. The molecule has 0 saturated carbocycles. The van der Waals surface area contributed by atoms with Crippen LogP contribution in [0.15, 0.2) is 60.7 Å². The van der Waals surface area contributed by atoms with E-state index in [1.807, 2.05) is 48.2 Å². The molecule has 2 heteroatoms. The first-order valence-corrected chi connectivity index (χ1v) is 6.25. The first-order chi connectivity index (χ1) is 8.75.